The molecule has 1 unspecified atom stereocenters. The van der Waals surface area contributed by atoms with Gasteiger partial charge in [0.1, 0.15) is 17.7 Å². The summed E-state index contributed by atoms with van der Waals surface area (Å²) in [5.74, 6) is -1.43. The summed E-state index contributed by atoms with van der Waals surface area (Å²) in [6.07, 6.45) is 3.23. The molecule has 10 heteroatoms. The number of rotatable bonds is 7. The molecule has 0 radical (unpaired) electrons. The van der Waals surface area contributed by atoms with E-state index < -0.39 is 23.7 Å². The number of halogens is 1. The van der Waals surface area contributed by atoms with Crippen LogP contribution in [-0.4, -0.2) is 32.8 Å². The van der Waals surface area contributed by atoms with E-state index in [0.29, 0.717) is 23.0 Å². The number of anilines is 3. The molecule has 9 nitrogen and oxygen atoms in total. The van der Waals surface area contributed by atoms with E-state index in [2.05, 4.69) is 25.6 Å². The maximum atomic E-state index is 13.5. The van der Waals surface area contributed by atoms with Gasteiger partial charge in [-0.25, -0.2) is 14.4 Å². The molecule has 2 aromatic heterocycles. The zero-order valence-electron chi connectivity index (χ0n) is 14.9. The monoisotopic (exact) mass is 383 g/mol. The highest BCUT2D eigenvalue weighted by atomic mass is 19.1. The number of hydrogen-bond acceptors (Lipinski definition) is 7. The molecule has 0 aliphatic carbocycles. The molecule has 3 aromatic rings. The van der Waals surface area contributed by atoms with Gasteiger partial charge < -0.3 is 22.1 Å². The van der Waals surface area contributed by atoms with Gasteiger partial charge in [0.15, 0.2) is 11.5 Å². The molecule has 0 spiro atoms. The third kappa shape index (κ3) is 4.11. The smallest absolute Gasteiger partial charge is 0.271 e. The number of primary amides is 2. The summed E-state index contributed by atoms with van der Waals surface area (Å²) in [6.45, 7) is 1.78. The Morgan fingerprint density at radius 1 is 1.18 bits per heavy atom. The summed E-state index contributed by atoms with van der Waals surface area (Å²) in [5.41, 5.74) is 11.6. The van der Waals surface area contributed by atoms with Gasteiger partial charge in [0, 0.05) is 5.39 Å². The van der Waals surface area contributed by atoms with Gasteiger partial charge in [-0.05, 0) is 30.7 Å². The first-order chi connectivity index (χ1) is 13.4. The molecular formula is C18H18FN7O2. The lowest BCUT2D eigenvalue weighted by molar-refractivity contribution is -0.118. The van der Waals surface area contributed by atoms with Crippen LogP contribution in [0.25, 0.3) is 10.9 Å². The predicted octanol–water partition coefficient (Wildman–Crippen LogP) is 1.68. The van der Waals surface area contributed by atoms with Gasteiger partial charge >= 0.3 is 0 Å². The standard InChI is InChI=1S/C18H18FN7O2/c1-2-12(16(20)27)25-14-8-23-15(17(21)28)18(26-14)24-11-6-9-5-10(19)3-4-13(9)22-7-11/h3-8,12H,2H2,1H3,(H2,20,27)(H2,21,28)(H2,24,25,26). The molecule has 2 amide bonds. The highest BCUT2D eigenvalue weighted by Crippen LogP contribution is 2.23. The van der Waals surface area contributed by atoms with Gasteiger partial charge in [-0.15, -0.1) is 0 Å². The van der Waals surface area contributed by atoms with Crippen LogP contribution < -0.4 is 22.1 Å². The average Bonchev–Trinajstić information content (AvgIpc) is 2.65. The van der Waals surface area contributed by atoms with Crippen molar-refractivity contribution in [2.45, 2.75) is 19.4 Å². The molecule has 1 aromatic carbocycles. The third-order valence-electron chi connectivity index (χ3n) is 3.99. The number of nitrogens with two attached hydrogens (primary N) is 2. The minimum absolute atomic E-state index is 0.0642. The molecule has 0 bridgehead atoms. The van der Waals surface area contributed by atoms with Crippen LogP contribution in [0, 0.1) is 5.82 Å². The van der Waals surface area contributed by atoms with Gasteiger partial charge in [0.2, 0.25) is 5.91 Å². The topological polar surface area (TPSA) is 149 Å². The lowest BCUT2D eigenvalue weighted by Crippen LogP contribution is -2.35. The second kappa shape index (κ2) is 7.82. The molecule has 0 saturated heterocycles. The number of aromatic nitrogens is 3. The van der Waals surface area contributed by atoms with E-state index in [1.807, 2.05) is 0 Å². The van der Waals surface area contributed by atoms with E-state index in [9.17, 15) is 14.0 Å². The van der Waals surface area contributed by atoms with Crippen LogP contribution >= 0.6 is 0 Å². The van der Waals surface area contributed by atoms with E-state index in [1.54, 1.807) is 19.1 Å². The maximum Gasteiger partial charge on any atom is 0.271 e. The number of fused-ring (bicyclic) bond motifs is 1. The zero-order valence-corrected chi connectivity index (χ0v) is 14.9. The highest BCUT2D eigenvalue weighted by molar-refractivity contribution is 5.96. The first kappa shape index (κ1) is 19.0. The van der Waals surface area contributed by atoms with Crippen molar-refractivity contribution >= 4 is 40.0 Å². The van der Waals surface area contributed by atoms with Gasteiger partial charge in [-0.3, -0.25) is 14.6 Å². The van der Waals surface area contributed by atoms with Crippen LogP contribution in [0.15, 0.2) is 36.7 Å². The molecule has 0 aliphatic heterocycles. The fourth-order valence-corrected chi connectivity index (χ4v) is 2.59. The van der Waals surface area contributed by atoms with Gasteiger partial charge in [0.25, 0.3) is 5.91 Å². The van der Waals surface area contributed by atoms with Gasteiger partial charge in [-0.2, -0.15) is 0 Å². The number of carbonyl (C=O) groups is 2. The van der Waals surface area contributed by atoms with Crippen molar-refractivity contribution in [3.63, 3.8) is 0 Å². The van der Waals surface area contributed by atoms with E-state index in [1.165, 1.54) is 24.5 Å². The molecule has 1 atom stereocenters. The van der Waals surface area contributed by atoms with Crippen molar-refractivity contribution < 1.29 is 14.0 Å². The van der Waals surface area contributed by atoms with Crippen molar-refractivity contribution in [2.24, 2.45) is 11.5 Å². The maximum absolute atomic E-state index is 13.5. The minimum atomic E-state index is -0.789. The molecule has 0 fully saturated rings. The van der Waals surface area contributed by atoms with Crippen LogP contribution in [0.5, 0.6) is 0 Å². The third-order valence-corrected chi connectivity index (χ3v) is 3.99. The van der Waals surface area contributed by atoms with Crippen molar-refractivity contribution in [3.05, 3.63) is 48.2 Å². The van der Waals surface area contributed by atoms with Crippen LogP contribution in [0.1, 0.15) is 23.8 Å². The Hall–Kier alpha value is -3.82. The summed E-state index contributed by atoms with van der Waals surface area (Å²) in [7, 11) is 0. The van der Waals surface area contributed by atoms with Gasteiger partial charge in [0.05, 0.1) is 23.6 Å². The van der Waals surface area contributed by atoms with Crippen molar-refractivity contribution in [1.29, 1.82) is 0 Å². The van der Waals surface area contributed by atoms with Crippen molar-refractivity contribution in [2.75, 3.05) is 10.6 Å². The Morgan fingerprint density at radius 3 is 2.64 bits per heavy atom. The highest BCUT2D eigenvalue weighted by Gasteiger charge is 2.17. The van der Waals surface area contributed by atoms with Crippen LogP contribution in [0.3, 0.4) is 0 Å². The number of nitrogens with one attached hydrogen (secondary N) is 2. The van der Waals surface area contributed by atoms with E-state index >= 15 is 0 Å². The summed E-state index contributed by atoms with van der Waals surface area (Å²) in [4.78, 5) is 35.6. The molecular weight excluding hydrogens is 365 g/mol. The second-order valence-corrected chi connectivity index (χ2v) is 6.01. The normalized spacial score (nSPS) is 11.8. The number of pyridine rings is 1. The summed E-state index contributed by atoms with van der Waals surface area (Å²) in [5, 5.41) is 6.33. The first-order valence-electron chi connectivity index (χ1n) is 8.42. The molecule has 6 N–H and O–H groups in total. The molecule has 0 aliphatic rings. The number of nitrogens with zero attached hydrogens (tertiary/aromatic N) is 3. The lowest BCUT2D eigenvalue weighted by Gasteiger charge is -2.15. The van der Waals surface area contributed by atoms with Crippen LogP contribution in [-0.2, 0) is 4.79 Å². The summed E-state index contributed by atoms with van der Waals surface area (Å²) < 4.78 is 13.5. The summed E-state index contributed by atoms with van der Waals surface area (Å²) >= 11 is 0. The molecule has 144 valence electrons. The van der Waals surface area contributed by atoms with Crippen LogP contribution in [0.2, 0.25) is 0 Å². The molecule has 2 heterocycles. The quantitative estimate of drug-likeness (QED) is 0.485. The number of amides is 2. The Labute approximate surface area is 159 Å². The average molecular weight is 383 g/mol. The van der Waals surface area contributed by atoms with E-state index in [-0.39, 0.29) is 17.3 Å². The largest absolute Gasteiger partial charge is 0.368 e. The Bertz CT molecular complexity index is 1060. The Morgan fingerprint density at radius 2 is 1.96 bits per heavy atom. The fourth-order valence-electron chi connectivity index (χ4n) is 2.59. The molecule has 28 heavy (non-hydrogen) atoms. The minimum Gasteiger partial charge on any atom is -0.368 e. The van der Waals surface area contributed by atoms with E-state index in [4.69, 9.17) is 11.5 Å². The molecule has 0 saturated carbocycles. The van der Waals surface area contributed by atoms with Crippen molar-refractivity contribution in [1.82, 2.24) is 15.0 Å². The molecule has 3 rings (SSSR count). The fraction of sp³-hybridized carbons (Fsp3) is 0.167. The van der Waals surface area contributed by atoms with E-state index in [0.717, 1.165) is 0 Å². The van der Waals surface area contributed by atoms with Gasteiger partial charge in [-0.1, -0.05) is 6.92 Å². The Kier molecular flexibility index (Phi) is 5.30. The van der Waals surface area contributed by atoms with Crippen LogP contribution in [0.4, 0.5) is 21.7 Å². The number of carbonyl (C=O) groups excluding carboxylic acids is 2. The zero-order chi connectivity index (χ0) is 20.3. The summed E-state index contributed by atoms with van der Waals surface area (Å²) in [6, 6.07) is 5.22. The Balaban J connectivity index is 1.95. The second-order valence-electron chi connectivity index (χ2n) is 6.01. The first-order valence-corrected chi connectivity index (χ1v) is 8.42. The predicted molar refractivity (Wildman–Crippen MR) is 102 cm³/mol. The SMILES string of the molecule is CCC(Nc1cnc(C(N)=O)c(Nc2cnc3ccc(F)cc3c2)n1)C(N)=O. The number of benzene rings is 1. The van der Waals surface area contributed by atoms with Crippen molar-refractivity contribution in [3.8, 4) is 0 Å². The lowest BCUT2D eigenvalue weighted by atomic mass is 10.2. The number of hydrogen-bond donors (Lipinski definition) is 4.